The van der Waals surface area contributed by atoms with Crippen LogP contribution in [-0.2, 0) is 165 Å². The Hall–Kier alpha value is -7.05. The Morgan fingerprint density at radius 2 is 0.697 bits per heavy atom. The molecule has 0 saturated carbocycles. The van der Waals surface area contributed by atoms with Crippen LogP contribution in [0, 0.1) is 0 Å². The van der Waals surface area contributed by atoms with Crippen molar-refractivity contribution in [2.45, 2.75) is 117 Å². The number of nitrogens with one attached hydrogen (secondary N) is 2. The third kappa shape index (κ3) is 49.6. The van der Waals surface area contributed by atoms with Gasteiger partial charge in [-0.05, 0) is 52.9 Å². The molecule has 69 heteroatoms. The van der Waals surface area contributed by atoms with E-state index < -0.39 is 277 Å². The van der Waals surface area contributed by atoms with Gasteiger partial charge in [0.05, 0.1) is 65.4 Å². The first-order chi connectivity index (χ1) is 53.0. The van der Waals surface area contributed by atoms with E-state index in [9.17, 15) is 192 Å². The number of sulfone groups is 1. The normalized spacial score (nSPS) is 13.6. The molecule has 0 aromatic heterocycles. The van der Waals surface area contributed by atoms with E-state index in [1.807, 2.05) is 0 Å². The topological polar surface area (TPSA) is 551 Å². The number of carbonyl (C=O) groups is 8. The van der Waals surface area contributed by atoms with Crippen molar-refractivity contribution >= 4 is 140 Å². The van der Waals surface area contributed by atoms with Gasteiger partial charge in [0, 0.05) is 73.1 Å². The van der Waals surface area contributed by atoms with Gasteiger partial charge < -0.3 is 37.9 Å². The van der Waals surface area contributed by atoms with E-state index in [2.05, 4.69) is 69.5 Å². The van der Waals surface area contributed by atoms with Crippen molar-refractivity contribution in [3.63, 3.8) is 0 Å². The van der Waals surface area contributed by atoms with Crippen molar-refractivity contribution in [3.8, 4) is 0 Å². The van der Waals surface area contributed by atoms with E-state index in [1.165, 1.54) is 20.8 Å². The van der Waals surface area contributed by atoms with Gasteiger partial charge in [0.2, 0.25) is 30.9 Å². The molecule has 0 aromatic carbocycles. The Balaban J connectivity index is -0.000000470. The van der Waals surface area contributed by atoms with Gasteiger partial charge in [-0.2, -0.15) is 95.9 Å². The molecule has 0 heterocycles. The standard InChI is InChI=1S/C13H18F8O10S3.C12H14F7NO8S2.C10H12F4O7S.C8H12F3NO6S2.C7H12O5S/c1-26-10(22)4-5-11(23)27-7-3-6-12(14,15)13(16,17)33(24,25)8-28-31-34(20,21)9-29-30-32(2,18)19;1-2-27-8(21)4-5-9(22)28-7-3-6-10(13,14)11(15,16)29(23,24)20-30(25,26)12(17,18)19;1-20-7(15)3-4-8(16)21-6-2-5-9(11,12)10(13,14)22(17,18)19;1-6(2)7(13)18-4-3-5-19(14,15)12-20(16,17)8(9,10)11;1-6(2)7(8)12-4-3-5-13(9,10)11/h4-5H,3,6-9H2,1-2H3;4-5,20H,2-3,6-7H2,1H3;3-4H,2,5-6H2,1H3,(H,17,18,19);12H,1,3-5H2,2H3;1,3-5H2,2H3,(H,9,10,11)/b2*5-4-;4-3-;;. The molecule has 0 unspecified atom stereocenters. The van der Waals surface area contributed by atoms with Crippen LogP contribution in [0.4, 0.5) is 94.6 Å². The number of carbonyl (C=O) groups excluding carboxylic acids is 8. The van der Waals surface area contributed by atoms with Crippen molar-refractivity contribution in [1.29, 1.82) is 0 Å². The van der Waals surface area contributed by atoms with E-state index in [1.54, 1.807) is 0 Å². The molecular formula is C50H68F22N2O36S9. The molecular weight excluding hydrogens is 1910 g/mol. The minimum absolute atomic E-state index is 0.0243. The first kappa shape index (κ1) is 120. The van der Waals surface area contributed by atoms with Crippen LogP contribution in [0.15, 0.2) is 60.8 Å². The summed E-state index contributed by atoms with van der Waals surface area (Å²) >= 11 is -10.4. The Bertz CT molecular complexity index is 4330. The third-order valence-corrected chi connectivity index (χ3v) is 21.7. The van der Waals surface area contributed by atoms with Crippen LogP contribution < -0.4 is 8.25 Å². The number of sulfonamides is 4. The predicted molar refractivity (Wildman–Crippen MR) is 355 cm³/mol. The summed E-state index contributed by atoms with van der Waals surface area (Å²) in [6.07, 6.45) is -4.93. The summed E-state index contributed by atoms with van der Waals surface area (Å²) in [5, 5.41) is -17.8. The number of rotatable bonds is 47. The number of hydrogen-bond acceptors (Lipinski definition) is 34. The molecule has 0 amide bonds. The molecule has 0 saturated heterocycles. The average molecular weight is 1980 g/mol. The van der Waals surface area contributed by atoms with Crippen LogP contribution in [0.2, 0.25) is 0 Å². The molecule has 702 valence electrons. The SMILES string of the molecule is C=C(C)C(=O)OCCCS(=O)(=O)NS(=O)(=O)C(F)(F)F.C=C(C)C(=O)OCCCS(=O)(=O)O.CCOC(=O)/C=C\C(=O)OCCCC(F)(F)C(F)(F)S(=O)(=O)NS(=O)(=O)C(F)(F)F.COC(=O)/C=C\C(=O)OCCCC(F)(F)C(F)(F)S(=O)(=O)COOS(F)(F)COOS(C)(F)F.COC(=O)/C=C\C(=O)OCCCC(F)(F)C(F)(F)S(=O)(=O)O. The van der Waals surface area contributed by atoms with Gasteiger partial charge in [-0.1, -0.05) is 17.3 Å². The zero-order valence-electron chi connectivity index (χ0n) is 60.4. The van der Waals surface area contributed by atoms with Crippen LogP contribution in [-0.4, -0.2) is 244 Å². The highest BCUT2D eigenvalue weighted by Crippen LogP contribution is 2.56. The van der Waals surface area contributed by atoms with Gasteiger partial charge in [0.15, 0.2) is 23.0 Å². The van der Waals surface area contributed by atoms with Gasteiger partial charge in [-0.3, -0.25) is 9.11 Å². The number of hydrogen-bond donors (Lipinski definition) is 4. The summed E-state index contributed by atoms with van der Waals surface area (Å²) < 4.78 is 493. The lowest BCUT2D eigenvalue weighted by Crippen LogP contribution is -2.55. The van der Waals surface area contributed by atoms with Crippen molar-refractivity contribution < 1.29 is 257 Å². The first-order valence-electron chi connectivity index (χ1n) is 29.6. The van der Waals surface area contributed by atoms with E-state index in [4.69, 9.17) is 9.11 Å². The lowest BCUT2D eigenvalue weighted by Gasteiger charge is -2.26. The molecule has 0 bridgehead atoms. The molecule has 38 nitrogen and oxygen atoms in total. The number of halogens is 22. The lowest BCUT2D eigenvalue weighted by molar-refractivity contribution is -0.212. The Morgan fingerprint density at radius 3 is 1.01 bits per heavy atom. The summed E-state index contributed by atoms with van der Waals surface area (Å²) in [5.74, 6) is -29.5. The molecule has 0 aliphatic rings. The molecule has 0 aliphatic heterocycles. The number of methoxy groups -OCH3 is 2. The number of esters is 8. The highest BCUT2D eigenvalue weighted by Gasteiger charge is 2.68. The molecule has 0 spiro atoms. The number of alkyl halides is 18. The molecule has 0 aliphatic carbocycles. The van der Waals surface area contributed by atoms with E-state index in [-0.39, 0.29) is 43.5 Å². The highest BCUT2D eigenvalue weighted by atomic mass is 32.3. The minimum Gasteiger partial charge on any atom is -0.466 e. The largest absolute Gasteiger partial charge is 0.512 e. The van der Waals surface area contributed by atoms with Gasteiger partial charge in [0.25, 0.3) is 20.1 Å². The van der Waals surface area contributed by atoms with Crippen molar-refractivity contribution in [2.75, 3.05) is 83.5 Å². The van der Waals surface area contributed by atoms with Crippen LogP contribution >= 0.6 is 22.2 Å². The molecule has 0 aromatic rings. The summed E-state index contributed by atoms with van der Waals surface area (Å²) in [7, 11) is -39.1. The second-order valence-corrected chi connectivity index (χ2v) is 36.2. The zero-order chi connectivity index (χ0) is 95.1. The summed E-state index contributed by atoms with van der Waals surface area (Å²) in [4.78, 5) is 94.0. The molecule has 0 fully saturated rings. The van der Waals surface area contributed by atoms with Gasteiger partial charge in [0.1, 0.15) is 0 Å². The van der Waals surface area contributed by atoms with Crippen molar-refractivity contribution in [2.24, 2.45) is 0 Å². The van der Waals surface area contributed by atoms with Gasteiger partial charge in [-0.15, -0.1) is 28.3 Å². The molecule has 0 rings (SSSR count). The fourth-order valence-corrected chi connectivity index (χ4v) is 12.9. The van der Waals surface area contributed by atoms with Crippen LogP contribution in [0.5, 0.6) is 0 Å². The summed E-state index contributed by atoms with van der Waals surface area (Å²) in [6.45, 7) is 7.81. The Morgan fingerprint density at radius 1 is 0.395 bits per heavy atom. The van der Waals surface area contributed by atoms with Gasteiger partial charge >= 0.3 is 122 Å². The van der Waals surface area contributed by atoms with Gasteiger partial charge in [-0.25, -0.2) is 90.2 Å². The van der Waals surface area contributed by atoms with E-state index >= 15 is 0 Å². The summed E-state index contributed by atoms with van der Waals surface area (Å²) in [6, 6.07) is 0. The Labute approximate surface area is 663 Å². The third-order valence-electron chi connectivity index (χ3n) is 10.8. The van der Waals surface area contributed by atoms with E-state index in [0.29, 0.717) is 40.6 Å². The fourth-order valence-electron chi connectivity index (χ4n) is 5.30. The minimum atomic E-state index is -7.05. The first-order valence-corrected chi connectivity index (χ1v) is 43.7. The highest BCUT2D eigenvalue weighted by molar-refractivity contribution is 8.21. The molecule has 0 radical (unpaired) electrons. The predicted octanol–water partition coefficient (Wildman–Crippen LogP) is 7.33. The lowest BCUT2D eigenvalue weighted by atomic mass is 10.2. The maximum atomic E-state index is 13.8. The second kappa shape index (κ2) is 50.5. The average Bonchev–Trinajstić information content (AvgIpc) is 0.755. The maximum absolute atomic E-state index is 13.8. The number of ether oxygens (including phenoxy) is 8. The maximum Gasteiger partial charge on any atom is 0.512 e. The van der Waals surface area contributed by atoms with Crippen LogP contribution in [0.25, 0.3) is 0 Å². The molecule has 4 N–H and O–H groups in total. The molecule has 0 atom stereocenters. The fraction of sp³-hybridized carbons (Fsp3) is 0.640. The van der Waals surface area contributed by atoms with Crippen LogP contribution in [0.1, 0.15) is 72.1 Å². The Kier molecular flexibility index (Phi) is 51.1. The van der Waals surface area contributed by atoms with Crippen molar-refractivity contribution in [3.05, 3.63) is 60.8 Å². The smallest absolute Gasteiger partial charge is 0.466 e. The second-order valence-electron chi connectivity index (χ2n) is 20.9. The van der Waals surface area contributed by atoms with E-state index in [0.717, 1.165) is 14.2 Å². The van der Waals surface area contributed by atoms with Crippen molar-refractivity contribution in [1.82, 2.24) is 8.25 Å². The van der Waals surface area contributed by atoms with Crippen LogP contribution in [0.3, 0.4) is 0 Å². The summed E-state index contributed by atoms with van der Waals surface area (Å²) in [5.41, 5.74) is -11.8. The zero-order valence-corrected chi connectivity index (χ0v) is 67.7. The monoisotopic (exact) mass is 1980 g/mol. The molecule has 119 heavy (non-hydrogen) atoms. The quantitative estimate of drug-likeness (QED) is 0.00677.